The van der Waals surface area contributed by atoms with E-state index in [1.165, 1.54) is 10.6 Å². The van der Waals surface area contributed by atoms with Gasteiger partial charge in [-0.15, -0.1) is 0 Å². The van der Waals surface area contributed by atoms with Crippen LogP contribution in [0.4, 0.5) is 0 Å². The molecule has 0 bridgehead atoms. The van der Waals surface area contributed by atoms with Crippen LogP contribution in [0.25, 0.3) is 5.65 Å². The van der Waals surface area contributed by atoms with Crippen molar-refractivity contribution in [3.8, 4) is 0 Å². The Kier molecular flexibility index (Phi) is 5.16. The van der Waals surface area contributed by atoms with Crippen molar-refractivity contribution in [1.29, 1.82) is 0 Å². The minimum absolute atomic E-state index is 0.0438. The average Bonchev–Trinajstić information content (AvgIpc) is 3.21. The van der Waals surface area contributed by atoms with E-state index in [4.69, 9.17) is 9.26 Å². The smallest absolute Gasteiger partial charge is 0.270 e. The van der Waals surface area contributed by atoms with E-state index >= 15 is 0 Å². The molecule has 1 aliphatic rings. The first-order valence-electron chi connectivity index (χ1n) is 9.24. The normalized spacial score (nSPS) is 17.2. The lowest BCUT2D eigenvalue weighted by Crippen LogP contribution is -2.41. The van der Waals surface area contributed by atoms with Crippen molar-refractivity contribution in [2.75, 3.05) is 26.8 Å². The second-order valence-electron chi connectivity index (χ2n) is 6.79. The number of aromatic nitrogens is 4. The van der Waals surface area contributed by atoms with Crippen LogP contribution in [0.1, 0.15) is 40.8 Å². The van der Waals surface area contributed by atoms with E-state index in [9.17, 15) is 9.59 Å². The first-order chi connectivity index (χ1) is 13.7. The molecule has 1 unspecified atom stereocenters. The molecule has 1 amide bonds. The van der Waals surface area contributed by atoms with Crippen LogP contribution in [-0.4, -0.2) is 57.1 Å². The van der Waals surface area contributed by atoms with Crippen LogP contribution in [0, 0.1) is 0 Å². The van der Waals surface area contributed by atoms with Crippen molar-refractivity contribution < 1.29 is 14.1 Å². The van der Waals surface area contributed by atoms with E-state index in [2.05, 4.69) is 15.1 Å². The number of piperidine rings is 1. The van der Waals surface area contributed by atoms with Gasteiger partial charge in [0.05, 0.1) is 12.5 Å². The molecule has 4 rings (SSSR count). The molecule has 0 radical (unpaired) electrons. The number of nitrogens with zero attached hydrogens (tertiary/aromatic N) is 5. The quantitative estimate of drug-likeness (QED) is 0.654. The van der Waals surface area contributed by atoms with Crippen LogP contribution in [0.2, 0.25) is 0 Å². The fourth-order valence-electron chi connectivity index (χ4n) is 3.44. The van der Waals surface area contributed by atoms with E-state index in [1.807, 2.05) is 0 Å². The van der Waals surface area contributed by atoms with Gasteiger partial charge in [0, 0.05) is 39.0 Å². The molecule has 3 aromatic rings. The summed E-state index contributed by atoms with van der Waals surface area (Å²) in [5, 5.41) is 3.97. The van der Waals surface area contributed by atoms with Crippen LogP contribution in [0.3, 0.4) is 0 Å². The Hall–Kier alpha value is -3.07. The summed E-state index contributed by atoms with van der Waals surface area (Å²) in [5.41, 5.74) is 0.211. The third-order valence-corrected chi connectivity index (χ3v) is 4.92. The highest BCUT2D eigenvalue weighted by molar-refractivity contribution is 5.93. The number of methoxy groups -OCH3 is 1. The molecule has 0 aliphatic carbocycles. The van der Waals surface area contributed by atoms with Gasteiger partial charge in [0.25, 0.3) is 11.5 Å². The Balaban J connectivity index is 1.53. The molecular weight excluding hydrogens is 362 g/mol. The molecule has 0 N–H and O–H groups in total. The highest BCUT2D eigenvalue weighted by Crippen LogP contribution is 2.26. The highest BCUT2D eigenvalue weighted by Gasteiger charge is 2.30. The SMILES string of the molecule is COCCc1noc(C2CCCN(C(=O)c3cnc4ccccn4c3=O)C2)n1. The lowest BCUT2D eigenvalue weighted by atomic mass is 9.97. The van der Waals surface area contributed by atoms with Crippen molar-refractivity contribution in [2.24, 2.45) is 0 Å². The molecule has 28 heavy (non-hydrogen) atoms. The number of pyridine rings is 1. The number of hydrogen-bond acceptors (Lipinski definition) is 7. The number of carbonyl (C=O) groups excluding carboxylic acids is 1. The van der Waals surface area contributed by atoms with Gasteiger partial charge in [-0.05, 0) is 25.0 Å². The summed E-state index contributed by atoms with van der Waals surface area (Å²) in [6, 6.07) is 5.26. The lowest BCUT2D eigenvalue weighted by molar-refractivity contribution is 0.0693. The monoisotopic (exact) mass is 383 g/mol. The second kappa shape index (κ2) is 7.89. The van der Waals surface area contributed by atoms with Crippen LogP contribution in [-0.2, 0) is 11.2 Å². The summed E-state index contributed by atoms with van der Waals surface area (Å²) < 4.78 is 11.8. The maximum absolute atomic E-state index is 13.0. The summed E-state index contributed by atoms with van der Waals surface area (Å²) in [6.07, 6.45) is 5.20. The molecule has 0 aromatic carbocycles. The van der Waals surface area contributed by atoms with Crippen molar-refractivity contribution in [3.05, 3.63) is 58.2 Å². The van der Waals surface area contributed by atoms with Gasteiger partial charge in [-0.2, -0.15) is 4.98 Å². The summed E-state index contributed by atoms with van der Waals surface area (Å²) in [6.45, 7) is 1.53. The maximum Gasteiger partial charge on any atom is 0.270 e. The molecule has 9 nitrogen and oxygen atoms in total. The van der Waals surface area contributed by atoms with Gasteiger partial charge in [-0.1, -0.05) is 11.2 Å². The number of amides is 1. The van der Waals surface area contributed by atoms with Crippen LogP contribution >= 0.6 is 0 Å². The third-order valence-electron chi connectivity index (χ3n) is 4.92. The van der Waals surface area contributed by atoms with Gasteiger partial charge < -0.3 is 14.2 Å². The largest absolute Gasteiger partial charge is 0.384 e. The predicted molar refractivity (Wildman–Crippen MR) is 99.2 cm³/mol. The van der Waals surface area contributed by atoms with Crippen molar-refractivity contribution in [2.45, 2.75) is 25.2 Å². The Labute approximate surface area is 160 Å². The Morgan fingerprint density at radius 2 is 2.29 bits per heavy atom. The number of hydrogen-bond donors (Lipinski definition) is 0. The molecule has 1 fully saturated rings. The Morgan fingerprint density at radius 1 is 1.39 bits per heavy atom. The zero-order valence-electron chi connectivity index (χ0n) is 15.6. The van der Waals surface area contributed by atoms with Gasteiger partial charge in [-0.3, -0.25) is 14.0 Å². The zero-order chi connectivity index (χ0) is 19.5. The Morgan fingerprint density at radius 3 is 3.14 bits per heavy atom. The van der Waals surface area contributed by atoms with Crippen LogP contribution in [0.5, 0.6) is 0 Å². The van der Waals surface area contributed by atoms with Gasteiger partial charge in [-0.25, -0.2) is 4.98 Å². The fourth-order valence-corrected chi connectivity index (χ4v) is 3.44. The van der Waals surface area contributed by atoms with E-state index in [1.54, 1.807) is 36.4 Å². The second-order valence-corrected chi connectivity index (χ2v) is 6.79. The van der Waals surface area contributed by atoms with Gasteiger partial charge in [0.1, 0.15) is 11.2 Å². The van der Waals surface area contributed by atoms with Gasteiger partial charge in [0.15, 0.2) is 5.82 Å². The van der Waals surface area contributed by atoms with E-state index in [-0.39, 0.29) is 22.9 Å². The topological polar surface area (TPSA) is 103 Å². The summed E-state index contributed by atoms with van der Waals surface area (Å²) in [5.74, 6) is 0.756. The lowest BCUT2D eigenvalue weighted by Gasteiger charge is -2.30. The minimum Gasteiger partial charge on any atom is -0.384 e. The highest BCUT2D eigenvalue weighted by atomic mass is 16.5. The molecule has 0 spiro atoms. The standard InChI is InChI=1S/C19H21N5O4/c1-27-10-7-15-21-17(28-22-15)13-5-4-8-23(12-13)18(25)14-11-20-16-6-2-3-9-24(16)19(14)26/h2-3,6,9,11,13H,4-5,7-8,10,12H2,1H3. The summed E-state index contributed by atoms with van der Waals surface area (Å²) >= 11 is 0. The van der Waals surface area contributed by atoms with Gasteiger partial charge >= 0.3 is 0 Å². The predicted octanol–water partition coefficient (Wildman–Crippen LogP) is 1.29. The molecule has 9 heteroatoms. The van der Waals surface area contributed by atoms with Crippen molar-refractivity contribution in [3.63, 3.8) is 0 Å². The Bertz CT molecular complexity index is 1040. The van der Waals surface area contributed by atoms with Crippen molar-refractivity contribution in [1.82, 2.24) is 24.4 Å². The van der Waals surface area contributed by atoms with E-state index in [0.29, 0.717) is 43.5 Å². The van der Waals surface area contributed by atoms with Crippen molar-refractivity contribution >= 4 is 11.6 Å². The van der Waals surface area contributed by atoms with Gasteiger partial charge in [0.2, 0.25) is 5.89 Å². The van der Waals surface area contributed by atoms with Crippen LogP contribution in [0.15, 0.2) is 39.9 Å². The van der Waals surface area contributed by atoms with E-state index < -0.39 is 0 Å². The molecule has 1 atom stereocenters. The number of carbonyl (C=O) groups is 1. The molecule has 3 aromatic heterocycles. The minimum atomic E-state index is -0.364. The number of fused-ring (bicyclic) bond motifs is 1. The van der Waals surface area contributed by atoms with E-state index in [0.717, 1.165) is 12.8 Å². The fraction of sp³-hybridized carbons (Fsp3) is 0.421. The molecule has 4 heterocycles. The summed E-state index contributed by atoms with van der Waals surface area (Å²) in [4.78, 5) is 36.0. The maximum atomic E-state index is 13.0. The third kappa shape index (κ3) is 3.53. The molecule has 146 valence electrons. The zero-order valence-corrected chi connectivity index (χ0v) is 15.6. The number of ether oxygens (including phenoxy) is 1. The molecule has 0 saturated carbocycles. The number of likely N-dealkylation sites (tertiary alicyclic amines) is 1. The van der Waals surface area contributed by atoms with Crippen LogP contribution < -0.4 is 5.56 Å². The number of rotatable bonds is 5. The average molecular weight is 383 g/mol. The molecule has 1 aliphatic heterocycles. The molecular formula is C19H21N5O4. The first-order valence-corrected chi connectivity index (χ1v) is 9.24. The first kappa shape index (κ1) is 18.3. The molecule has 1 saturated heterocycles. The summed E-state index contributed by atoms with van der Waals surface area (Å²) in [7, 11) is 1.62.